The molecule has 1 N–H and O–H groups in total. The van der Waals surface area contributed by atoms with Gasteiger partial charge in [0, 0.05) is 11.6 Å². The Morgan fingerprint density at radius 1 is 0.722 bits per heavy atom. The molecule has 5 rings (SSSR count). The van der Waals surface area contributed by atoms with E-state index in [0.29, 0.717) is 19.8 Å². The highest BCUT2D eigenvalue weighted by atomic mass is 32.1. The smallest absolute Gasteiger partial charge is 0.116 e. The molecule has 4 atom stereocenters. The molecule has 0 radical (unpaired) electrons. The second kappa shape index (κ2) is 12.4. The van der Waals surface area contributed by atoms with Crippen LogP contribution >= 0.6 is 11.3 Å². The fourth-order valence-corrected chi connectivity index (χ4v) is 5.27. The zero-order chi connectivity index (χ0) is 24.6. The van der Waals surface area contributed by atoms with Crippen molar-refractivity contribution in [1.82, 2.24) is 10.0 Å². The van der Waals surface area contributed by atoms with E-state index >= 15 is 0 Å². The van der Waals surface area contributed by atoms with Gasteiger partial charge in [-0.25, -0.2) is 4.98 Å². The summed E-state index contributed by atoms with van der Waals surface area (Å²) < 4.78 is 19.0. The molecular weight excluding hydrogens is 472 g/mol. The first-order chi connectivity index (χ1) is 17.8. The Hall–Kier alpha value is -2.91. The highest BCUT2D eigenvalue weighted by molar-refractivity contribution is 7.09. The number of ether oxygens (including phenoxy) is 3. The van der Waals surface area contributed by atoms with Gasteiger partial charge in [0.1, 0.15) is 23.3 Å². The van der Waals surface area contributed by atoms with E-state index in [2.05, 4.69) is 4.98 Å². The van der Waals surface area contributed by atoms with E-state index in [4.69, 9.17) is 14.2 Å². The largest absolute Gasteiger partial charge is 0.375 e. The van der Waals surface area contributed by atoms with E-state index in [9.17, 15) is 5.21 Å². The van der Waals surface area contributed by atoms with Crippen LogP contribution in [-0.4, -0.2) is 40.1 Å². The van der Waals surface area contributed by atoms with Gasteiger partial charge in [0.25, 0.3) is 0 Å². The molecule has 0 spiro atoms. The van der Waals surface area contributed by atoms with Gasteiger partial charge in [0.15, 0.2) is 0 Å². The molecule has 186 valence electrons. The van der Waals surface area contributed by atoms with Crippen molar-refractivity contribution in [1.29, 1.82) is 0 Å². The molecule has 1 aliphatic rings. The summed E-state index contributed by atoms with van der Waals surface area (Å²) in [5, 5.41) is 15.4. The molecule has 1 fully saturated rings. The van der Waals surface area contributed by atoms with Gasteiger partial charge in [0.2, 0.25) is 0 Å². The van der Waals surface area contributed by atoms with Crippen LogP contribution in [0.4, 0.5) is 0 Å². The van der Waals surface area contributed by atoms with Gasteiger partial charge in [-0.1, -0.05) is 91.0 Å². The summed E-state index contributed by atoms with van der Waals surface area (Å²) in [6.45, 7) is 1.56. The van der Waals surface area contributed by atoms with Crippen molar-refractivity contribution >= 4 is 11.3 Å². The van der Waals surface area contributed by atoms with Crippen molar-refractivity contribution in [2.24, 2.45) is 0 Å². The molecule has 0 aliphatic carbocycles. The van der Waals surface area contributed by atoms with Crippen molar-refractivity contribution < 1.29 is 19.4 Å². The van der Waals surface area contributed by atoms with E-state index in [1.54, 1.807) is 6.20 Å². The number of nitrogens with zero attached hydrogens (tertiary/aromatic N) is 2. The highest BCUT2D eigenvalue weighted by Gasteiger charge is 2.52. The van der Waals surface area contributed by atoms with Crippen LogP contribution in [0.2, 0.25) is 0 Å². The lowest BCUT2D eigenvalue weighted by Crippen LogP contribution is -2.40. The minimum absolute atomic E-state index is 0.290. The monoisotopic (exact) mass is 502 g/mol. The van der Waals surface area contributed by atoms with Gasteiger partial charge in [-0.05, 0) is 16.7 Å². The predicted octanol–water partition coefficient (Wildman–Crippen LogP) is 5.65. The molecule has 1 saturated heterocycles. The predicted molar refractivity (Wildman–Crippen MR) is 138 cm³/mol. The van der Waals surface area contributed by atoms with Crippen LogP contribution in [0.1, 0.15) is 27.7 Å². The van der Waals surface area contributed by atoms with Gasteiger partial charge >= 0.3 is 0 Å². The molecule has 0 saturated carbocycles. The maximum atomic E-state index is 11.4. The van der Waals surface area contributed by atoms with Crippen molar-refractivity contribution in [3.05, 3.63) is 124 Å². The van der Waals surface area contributed by atoms with Crippen LogP contribution in [-0.2, 0) is 34.0 Å². The van der Waals surface area contributed by atoms with E-state index in [1.165, 1.54) is 16.4 Å². The van der Waals surface area contributed by atoms with Gasteiger partial charge in [-0.3, -0.25) is 0 Å². The molecule has 3 aromatic carbocycles. The summed E-state index contributed by atoms with van der Waals surface area (Å²) in [5.74, 6) is 0. The third-order valence-electron chi connectivity index (χ3n) is 6.31. The number of hydrogen-bond acceptors (Lipinski definition) is 7. The van der Waals surface area contributed by atoms with Crippen molar-refractivity contribution in [2.45, 2.75) is 44.1 Å². The number of hydroxylamine groups is 2. The van der Waals surface area contributed by atoms with E-state index in [0.717, 1.165) is 21.7 Å². The topological polar surface area (TPSA) is 64.1 Å². The maximum Gasteiger partial charge on any atom is 0.116 e. The Balaban J connectivity index is 1.38. The zero-order valence-corrected chi connectivity index (χ0v) is 20.7. The third-order valence-corrected chi connectivity index (χ3v) is 7.16. The Morgan fingerprint density at radius 2 is 1.25 bits per heavy atom. The molecule has 0 amide bonds. The van der Waals surface area contributed by atoms with Crippen LogP contribution in [0.15, 0.2) is 103 Å². The Bertz CT molecular complexity index is 1160. The molecule has 4 aromatic rings. The first-order valence-corrected chi connectivity index (χ1v) is 13.0. The summed E-state index contributed by atoms with van der Waals surface area (Å²) in [6, 6.07) is 29.2. The fraction of sp³-hybridized carbons (Fsp3) is 0.276. The van der Waals surface area contributed by atoms with E-state index < -0.39 is 24.3 Å². The lowest BCUT2D eigenvalue weighted by atomic mass is 10.1. The van der Waals surface area contributed by atoms with Crippen LogP contribution in [0.3, 0.4) is 0 Å². The SMILES string of the molecule is ON1[C@H](COCc2ccccc2)[C@@H](OCc2ccccc2)[C@@H](OCc2ccccc2)[C@@H]1c1nccs1. The Morgan fingerprint density at radius 3 is 1.78 bits per heavy atom. The second-order valence-electron chi connectivity index (χ2n) is 8.79. The summed E-state index contributed by atoms with van der Waals surface area (Å²) in [7, 11) is 0. The van der Waals surface area contributed by atoms with Crippen LogP contribution in [0.5, 0.6) is 0 Å². The highest BCUT2D eigenvalue weighted by Crippen LogP contribution is 2.40. The normalized spacial score (nSPS) is 22.1. The van der Waals surface area contributed by atoms with Crippen molar-refractivity contribution in [2.75, 3.05) is 6.61 Å². The van der Waals surface area contributed by atoms with Gasteiger partial charge < -0.3 is 19.4 Å². The number of aromatic nitrogens is 1. The Kier molecular flexibility index (Phi) is 8.51. The molecule has 6 nitrogen and oxygen atoms in total. The standard InChI is InChI=1S/C29H30N2O4S/c32-31-25(21-33-18-22-10-4-1-5-11-22)27(34-19-23-12-6-2-7-13-23)28(26(31)29-30-16-17-36-29)35-20-24-14-8-3-9-15-24/h1-17,25-28,32H,18-21H2/t25-,26-,27-,28+/m1/s1. The van der Waals surface area contributed by atoms with Crippen molar-refractivity contribution in [3.63, 3.8) is 0 Å². The first kappa shape index (κ1) is 24.8. The number of rotatable bonds is 11. The first-order valence-electron chi connectivity index (χ1n) is 12.1. The molecule has 0 bridgehead atoms. The van der Waals surface area contributed by atoms with Crippen LogP contribution in [0, 0.1) is 0 Å². The van der Waals surface area contributed by atoms with Gasteiger partial charge in [0.05, 0.1) is 32.5 Å². The van der Waals surface area contributed by atoms with Crippen LogP contribution < -0.4 is 0 Å². The molecule has 1 aromatic heterocycles. The summed E-state index contributed by atoms with van der Waals surface area (Å²) in [4.78, 5) is 4.51. The summed E-state index contributed by atoms with van der Waals surface area (Å²) in [5.41, 5.74) is 3.20. The molecular formula is C29H30N2O4S. The molecule has 2 heterocycles. The van der Waals surface area contributed by atoms with Gasteiger partial charge in [-0.2, -0.15) is 5.06 Å². The molecule has 36 heavy (non-hydrogen) atoms. The summed E-state index contributed by atoms with van der Waals surface area (Å²) in [6.07, 6.45) is 0.889. The minimum atomic E-state index is -0.459. The lowest BCUT2D eigenvalue weighted by Gasteiger charge is -2.25. The average Bonchev–Trinajstić information content (AvgIpc) is 3.54. The third kappa shape index (κ3) is 6.07. The average molecular weight is 503 g/mol. The maximum absolute atomic E-state index is 11.4. The second-order valence-corrected chi connectivity index (χ2v) is 9.71. The number of thiazole rings is 1. The van der Waals surface area contributed by atoms with Gasteiger partial charge in [-0.15, -0.1) is 11.3 Å². The molecule has 7 heteroatoms. The quantitative estimate of drug-likeness (QED) is 0.286. The molecule has 1 aliphatic heterocycles. The van der Waals surface area contributed by atoms with Crippen LogP contribution in [0.25, 0.3) is 0 Å². The van der Waals surface area contributed by atoms with E-state index in [1.807, 2.05) is 96.4 Å². The summed E-state index contributed by atoms with van der Waals surface area (Å²) >= 11 is 1.50. The van der Waals surface area contributed by atoms with E-state index in [-0.39, 0.29) is 6.61 Å². The number of hydrogen-bond donors (Lipinski definition) is 1. The Labute approximate surface area is 215 Å². The number of benzene rings is 3. The lowest BCUT2D eigenvalue weighted by molar-refractivity contribution is -0.167. The minimum Gasteiger partial charge on any atom is -0.375 e. The fourth-order valence-electron chi connectivity index (χ4n) is 4.51. The molecule has 0 unspecified atom stereocenters. The van der Waals surface area contributed by atoms with Crippen molar-refractivity contribution in [3.8, 4) is 0 Å². The zero-order valence-electron chi connectivity index (χ0n) is 19.9.